The molecule has 0 heterocycles. The average Bonchev–Trinajstić information content (AvgIpc) is 3.17. The van der Waals surface area contributed by atoms with Gasteiger partial charge in [0.05, 0.1) is 0 Å². The van der Waals surface area contributed by atoms with Gasteiger partial charge < -0.3 is 0 Å². The summed E-state index contributed by atoms with van der Waals surface area (Å²) in [6, 6.07) is 66.8. The first kappa shape index (κ1) is 29.9. The minimum absolute atomic E-state index is 1.22. The van der Waals surface area contributed by atoms with Crippen molar-refractivity contribution in [3.05, 3.63) is 193 Å². The Balaban J connectivity index is 1.16. The largest absolute Gasteiger partial charge is 0.0622 e. The molecule has 50 heavy (non-hydrogen) atoms. The maximum Gasteiger partial charge on any atom is -0.00262 e. The van der Waals surface area contributed by atoms with Crippen LogP contribution in [0.5, 0.6) is 0 Å². The first-order chi connectivity index (χ1) is 24.6. The van der Waals surface area contributed by atoms with Crippen molar-refractivity contribution in [2.75, 3.05) is 0 Å². The zero-order chi connectivity index (χ0) is 33.6. The molecule has 0 radical (unpaired) electrons. The van der Waals surface area contributed by atoms with E-state index < -0.39 is 0 Å². The molecule has 0 unspecified atom stereocenters. The molecule has 0 nitrogen and oxygen atoms in total. The van der Waals surface area contributed by atoms with Crippen LogP contribution in [0.1, 0.15) is 11.1 Å². The quantitative estimate of drug-likeness (QED) is 0.165. The third kappa shape index (κ3) is 5.18. The van der Waals surface area contributed by atoms with Gasteiger partial charge in [-0.1, -0.05) is 170 Å². The highest BCUT2D eigenvalue weighted by Gasteiger charge is 2.17. The summed E-state index contributed by atoms with van der Waals surface area (Å²) in [6.45, 7) is 4.46. The van der Waals surface area contributed by atoms with Gasteiger partial charge in [0.25, 0.3) is 0 Å². The monoisotopic (exact) mass is 636 g/mol. The minimum atomic E-state index is 1.22. The van der Waals surface area contributed by atoms with E-state index >= 15 is 0 Å². The number of rotatable bonds is 5. The molecule has 9 aromatic rings. The predicted octanol–water partition coefficient (Wildman–Crippen LogP) is 14.1. The van der Waals surface area contributed by atoms with Crippen molar-refractivity contribution in [3.8, 4) is 55.6 Å². The van der Waals surface area contributed by atoms with Crippen LogP contribution in [-0.2, 0) is 0 Å². The molecule has 0 bridgehead atoms. The van der Waals surface area contributed by atoms with Crippen LogP contribution in [0, 0.1) is 13.8 Å². The van der Waals surface area contributed by atoms with Crippen molar-refractivity contribution in [1.29, 1.82) is 0 Å². The van der Waals surface area contributed by atoms with Crippen molar-refractivity contribution in [3.63, 3.8) is 0 Å². The van der Waals surface area contributed by atoms with Crippen LogP contribution in [0.3, 0.4) is 0 Å². The fourth-order valence-electron chi connectivity index (χ4n) is 7.85. The lowest BCUT2D eigenvalue weighted by atomic mass is 9.85. The molecule has 9 aromatic carbocycles. The lowest BCUT2D eigenvalue weighted by molar-refractivity contribution is 1.42. The summed E-state index contributed by atoms with van der Waals surface area (Å²) in [4.78, 5) is 0. The van der Waals surface area contributed by atoms with E-state index in [1.807, 2.05) is 0 Å². The Hall–Kier alpha value is -6.24. The van der Waals surface area contributed by atoms with Gasteiger partial charge in [0.1, 0.15) is 0 Å². The maximum absolute atomic E-state index is 2.37. The number of hydrogen-bond donors (Lipinski definition) is 0. The summed E-state index contributed by atoms with van der Waals surface area (Å²) >= 11 is 0. The predicted molar refractivity (Wildman–Crippen MR) is 216 cm³/mol. The van der Waals surface area contributed by atoms with Gasteiger partial charge in [0, 0.05) is 0 Å². The second-order valence-electron chi connectivity index (χ2n) is 13.4. The Labute approximate surface area is 293 Å². The summed E-state index contributed by atoms with van der Waals surface area (Å²) in [7, 11) is 0. The van der Waals surface area contributed by atoms with Crippen molar-refractivity contribution in [2.45, 2.75) is 13.8 Å². The molecule has 0 fully saturated rings. The smallest absolute Gasteiger partial charge is 0.00262 e. The van der Waals surface area contributed by atoms with Gasteiger partial charge in [-0.25, -0.2) is 0 Å². The third-order valence-electron chi connectivity index (χ3n) is 10.3. The second kappa shape index (κ2) is 12.3. The van der Waals surface area contributed by atoms with E-state index in [0.29, 0.717) is 0 Å². The highest BCUT2D eigenvalue weighted by atomic mass is 14.2. The third-order valence-corrected chi connectivity index (χ3v) is 10.3. The molecule has 0 aromatic heterocycles. The molecule has 9 rings (SSSR count). The van der Waals surface area contributed by atoms with Crippen molar-refractivity contribution >= 4 is 32.3 Å². The highest BCUT2D eigenvalue weighted by molar-refractivity contribution is 6.21. The number of fused-ring (bicyclic) bond motifs is 3. The molecule has 0 heteroatoms. The molecular weight excluding hydrogens is 601 g/mol. The van der Waals surface area contributed by atoms with Gasteiger partial charge in [-0.05, 0) is 125 Å². The summed E-state index contributed by atoms with van der Waals surface area (Å²) in [5, 5.41) is 7.63. The molecule has 0 spiro atoms. The summed E-state index contributed by atoms with van der Waals surface area (Å²) in [5.74, 6) is 0. The first-order valence-corrected chi connectivity index (χ1v) is 17.4. The van der Waals surface area contributed by atoms with Crippen LogP contribution in [0.25, 0.3) is 88.0 Å². The van der Waals surface area contributed by atoms with Crippen LogP contribution >= 0.6 is 0 Å². The number of hydrogen-bond acceptors (Lipinski definition) is 0. The van der Waals surface area contributed by atoms with Gasteiger partial charge in [-0.3, -0.25) is 0 Å². The molecule has 0 aliphatic heterocycles. The molecule has 0 aliphatic carbocycles. The molecule has 0 saturated carbocycles. The van der Waals surface area contributed by atoms with Crippen molar-refractivity contribution in [1.82, 2.24) is 0 Å². The van der Waals surface area contributed by atoms with Crippen molar-refractivity contribution < 1.29 is 0 Å². The van der Waals surface area contributed by atoms with Crippen LogP contribution in [0.2, 0.25) is 0 Å². The Morgan fingerprint density at radius 3 is 1.34 bits per heavy atom. The van der Waals surface area contributed by atoms with E-state index in [4.69, 9.17) is 0 Å². The maximum atomic E-state index is 2.37. The van der Waals surface area contributed by atoms with Crippen LogP contribution < -0.4 is 0 Å². The van der Waals surface area contributed by atoms with E-state index in [9.17, 15) is 0 Å². The minimum Gasteiger partial charge on any atom is -0.0622 e. The SMILES string of the molecule is Cc1cc(-c2cccc(-c3c4ccccc4c(-c4ccc(-c5ccccc5)cc4)c4ccccc34)c2)ccc1-c1cc2ccccc2cc1C. The molecule has 0 atom stereocenters. The highest BCUT2D eigenvalue weighted by Crippen LogP contribution is 2.44. The normalized spacial score (nSPS) is 11.4. The zero-order valence-electron chi connectivity index (χ0n) is 28.3. The Kier molecular flexibility index (Phi) is 7.37. The van der Waals surface area contributed by atoms with Gasteiger partial charge in [-0.2, -0.15) is 0 Å². The topological polar surface area (TPSA) is 0 Å². The average molecular weight is 637 g/mol. The van der Waals surface area contributed by atoms with E-state index in [1.165, 1.54) is 99.1 Å². The van der Waals surface area contributed by atoms with Gasteiger partial charge in [0.15, 0.2) is 0 Å². The Morgan fingerprint density at radius 2 is 0.700 bits per heavy atom. The van der Waals surface area contributed by atoms with E-state index in [1.54, 1.807) is 0 Å². The Morgan fingerprint density at radius 1 is 0.260 bits per heavy atom. The fraction of sp³-hybridized carbons (Fsp3) is 0.0400. The lowest BCUT2D eigenvalue weighted by Crippen LogP contribution is -1.92. The van der Waals surface area contributed by atoms with Gasteiger partial charge >= 0.3 is 0 Å². The lowest BCUT2D eigenvalue weighted by Gasteiger charge is -2.18. The number of aryl methyl sites for hydroxylation is 2. The fourth-order valence-corrected chi connectivity index (χ4v) is 7.85. The number of benzene rings is 9. The summed E-state index contributed by atoms with van der Waals surface area (Å²) < 4.78 is 0. The summed E-state index contributed by atoms with van der Waals surface area (Å²) in [5.41, 5.74) is 15.1. The molecule has 0 aliphatic rings. The second-order valence-corrected chi connectivity index (χ2v) is 13.4. The Bertz CT molecular complexity index is 2640. The first-order valence-electron chi connectivity index (χ1n) is 17.4. The van der Waals surface area contributed by atoms with Crippen LogP contribution in [0.4, 0.5) is 0 Å². The molecule has 236 valence electrons. The van der Waals surface area contributed by atoms with Crippen molar-refractivity contribution in [2.24, 2.45) is 0 Å². The van der Waals surface area contributed by atoms with E-state index in [0.717, 1.165) is 0 Å². The van der Waals surface area contributed by atoms with Crippen LogP contribution in [-0.4, -0.2) is 0 Å². The zero-order valence-corrected chi connectivity index (χ0v) is 28.3. The van der Waals surface area contributed by atoms with E-state index in [2.05, 4.69) is 196 Å². The molecule has 0 N–H and O–H groups in total. The molecule has 0 saturated heterocycles. The van der Waals surface area contributed by atoms with Gasteiger partial charge in [0.2, 0.25) is 0 Å². The summed E-state index contributed by atoms with van der Waals surface area (Å²) in [6.07, 6.45) is 0. The molecule has 0 amide bonds. The van der Waals surface area contributed by atoms with E-state index in [-0.39, 0.29) is 0 Å². The van der Waals surface area contributed by atoms with Gasteiger partial charge in [-0.15, -0.1) is 0 Å². The van der Waals surface area contributed by atoms with Crippen LogP contribution in [0.15, 0.2) is 182 Å². The standard InChI is InChI=1S/C50H36/c1-33-29-41(27-28-43(33)48-32-40-16-7-6-15-38(40)30-34(48)2)39-17-12-18-42(31-39)50-46-21-10-8-19-44(46)49(45-20-9-11-22-47(45)50)37-25-23-36(24-26-37)35-13-4-3-5-14-35/h3-32H,1-2H3. The molecular formula is C50H36.